The van der Waals surface area contributed by atoms with Gasteiger partial charge in [-0.05, 0) is 55.0 Å². The molecule has 1 spiro atoms. The molecular formula is C25H28ClNO2. The number of hydrogen-bond acceptors (Lipinski definition) is 2. The molecule has 0 aromatic heterocycles. The van der Waals surface area contributed by atoms with Gasteiger partial charge >= 0.3 is 0 Å². The molecule has 3 aliphatic rings. The summed E-state index contributed by atoms with van der Waals surface area (Å²) < 4.78 is 6.48. The van der Waals surface area contributed by atoms with Crippen LogP contribution in [0.5, 0.6) is 5.75 Å². The van der Waals surface area contributed by atoms with Crippen molar-refractivity contribution in [1.29, 1.82) is 0 Å². The van der Waals surface area contributed by atoms with E-state index >= 15 is 0 Å². The van der Waals surface area contributed by atoms with Crippen molar-refractivity contribution in [3.8, 4) is 5.75 Å². The second kappa shape index (κ2) is 7.36. The van der Waals surface area contributed by atoms with Gasteiger partial charge in [-0.25, -0.2) is 0 Å². The fourth-order valence-corrected chi connectivity index (χ4v) is 5.73. The number of nitrogens with zero attached hydrogens (tertiary/aromatic N) is 1. The molecule has 0 N–H and O–H groups in total. The van der Waals surface area contributed by atoms with E-state index < -0.39 is 0 Å². The van der Waals surface area contributed by atoms with Crippen molar-refractivity contribution >= 4 is 17.5 Å². The lowest BCUT2D eigenvalue weighted by molar-refractivity contribution is -0.141. The van der Waals surface area contributed by atoms with E-state index in [2.05, 4.69) is 35.2 Å². The predicted octanol–water partition coefficient (Wildman–Crippen LogP) is 5.54. The van der Waals surface area contributed by atoms with Crippen LogP contribution in [0.15, 0.2) is 48.5 Å². The van der Waals surface area contributed by atoms with Crippen molar-refractivity contribution in [1.82, 2.24) is 4.90 Å². The summed E-state index contributed by atoms with van der Waals surface area (Å²) in [4.78, 5) is 15.8. The number of carbonyl (C=O) groups excluding carboxylic acids is 1. The van der Waals surface area contributed by atoms with Crippen molar-refractivity contribution in [3.63, 3.8) is 0 Å². The number of rotatable bonds is 2. The first-order valence-corrected chi connectivity index (χ1v) is 11.3. The van der Waals surface area contributed by atoms with Crippen molar-refractivity contribution in [2.24, 2.45) is 0 Å². The normalized spacial score (nSPS) is 22.2. The summed E-state index contributed by atoms with van der Waals surface area (Å²) in [6.07, 6.45) is 8.08. The molecule has 0 atom stereocenters. The lowest BCUT2D eigenvalue weighted by atomic mass is 9.76. The lowest BCUT2D eigenvalue weighted by Crippen LogP contribution is -2.54. The summed E-state index contributed by atoms with van der Waals surface area (Å²) in [5, 5.41) is 0.726. The predicted molar refractivity (Wildman–Crippen MR) is 116 cm³/mol. The van der Waals surface area contributed by atoms with Crippen LogP contribution in [0.3, 0.4) is 0 Å². The fourth-order valence-electron chi connectivity index (χ4n) is 5.60. The third-order valence-electron chi connectivity index (χ3n) is 7.37. The Morgan fingerprint density at radius 3 is 2.31 bits per heavy atom. The van der Waals surface area contributed by atoms with Crippen molar-refractivity contribution in [3.05, 3.63) is 64.7 Å². The molecule has 0 radical (unpaired) electrons. The zero-order valence-corrected chi connectivity index (χ0v) is 17.6. The van der Waals surface area contributed by atoms with E-state index in [4.69, 9.17) is 16.3 Å². The molecule has 29 heavy (non-hydrogen) atoms. The fraction of sp³-hybridized carbons (Fsp3) is 0.480. The van der Waals surface area contributed by atoms with Crippen LogP contribution in [0.25, 0.3) is 0 Å². The highest BCUT2D eigenvalue weighted by molar-refractivity contribution is 6.30. The SMILES string of the molecule is O=C(N1CCC2(CCc3ccccc3O2)CC1)C1(c2ccc(Cl)cc2)CCCC1. The molecule has 0 bridgehead atoms. The maximum atomic E-state index is 13.7. The highest BCUT2D eigenvalue weighted by atomic mass is 35.5. The van der Waals surface area contributed by atoms with Crippen LogP contribution in [-0.2, 0) is 16.6 Å². The monoisotopic (exact) mass is 409 g/mol. The van der Waals surface area contributed by atoms with Gasteiger partial charge in [-0.1, -0.05) is 54.8 Å². The van der Waals surface area contributed by atoms with Gasteiger partial charge in [0.05, 0.1) is 5.41 Å². The molecular weight excluding hydrogens is 382 g/mol. The van der Waals surface area contributed by atoms with Gasteiger partial charge in [-0.3, -0.25) is 4.79 Å². The Balaban J connectivity index is 1.32. The minimum Gasteiger partial charge on any atom is -0.487 e. The van der Waals surface area contributed by atoms with E-state index in [1.54, 1.807) is 0 Å². The number of para-hydroxylation sites is 1. The Morgan fingerprint density at radius 1 is 0.897 bits per heavy atom. The summed E-state index contributed by atoms with van der Waals surface area (Å²) in [5.41, 5.74) is 1.97. The molecule has 2 heterocycles. The van der Waals surface area contributed by atoms with E-state index in [0.29, 0.717) is 5.91 Å². The summed E-state index contributed by atoms with van der Waals surface area (Å²) in [7, 11) is 0. The molecule has 4 heteroatoms. The standard InChI is InChI=1S/C25H28ClNO2/c26-21-9-7-20(8-10-21)25(12-3-4-13-25)23(28)27-17-15-24(16-18-27)14-11-19-5-1-2-6-22(19)29-24/h1-2,5-10H,3-4,11-18H2. The number of ether oxygens (including phenoxy) is 1. The first kappa shape index (κ1) is 19.0. The molecule has 2 aromatic rings. The Hall–Kier alpha value is -2.00. The Morgan fingerprint density at radius 2 is 1.59 bits per heavy atom. The van der Waals surface area contributed by atoms with Crippen LogP contribution < -0.4 is 4.74 Å². The zero-order valence-electron chi connectivity index (χ0n) is 16.8. The van der Waals surface area contributed by atoms with E-state index in [1.165, 1.54) is 5.56 Å². The second-order valence-corrected chi connectivity index (χ2v) is 9.42. The largest absolute Gasteiger partial charge is 0.487 e. The van der Waals surface area contributed by atoms with E-state index in [9.17, 15) is 4.79 Å². The third kappa shape index (κ3) is 3.34. The van der Waals surface area contributed by atoms with Crippen molar-refractivity contribution in [2.45, 2.75) is 62.4 Å². The summed E-state index contributed by atoms with van der Waals surface area (Å²) >= 11 is 6.10. The second-order valence-electron chi connectivity index (χ2n) is 8.98. The number of halogens is 1. The average molecular weight is 410 g/mol. The average Bonchev–Trinajstić information content (AvgIpc) is 3.25. The molecule has 1 saturated carbocycles. The van der Waals surface area contributed by atoms with Crippen LogP contribution in [0.2, 0.25) is 5.02 Å². The van der Waals surface area contributed by atoms with Crippen LogP contribution in [0, 0.1) is 0 Å². The van der Waals surface area contributed by atoms with Gasteiger partial charge < -0.3 is 9.64 Å². The van der Waals surface area contributed by atoms with E-state index in [0.717, 1.165) is 80.8 Å². The van der Waals surface area contributed by atoms with Gasteiger partial charge in [0, 0.05) is 31.0 Å². The molecule has 152 valence electrons. The smallest absolute Gasteiger partial charge is 0.233 e. The Bertz CT molecular complexity index is 893. The highest BCUT2D eigenvalue weighted by Gasteiger charge is 2.47. The number of likely N-dealkylation sites (tertiary alicyclic amines) is 1. The topological polar surface area (TPSA) is 29.5 Å². The van der Waals surface area contributed by atoms with E-state index in [-0.39, 0.29) is 11.0 Å². The van der Waals surface area contributed by atoms with Gasteiger partial charge in [0.25, 0.3) is 0 Å². The number of piperidine rings is 1. The molecule has 2 aromatic carbocycles. The van der Waals surface area contributed by atoms with Gasteiger partial charge in [-0.2, -0.15) is 0 Å². The van der Waals surface area contributed by atoms with Gasteiger partial charge in [0.2, 0.25) is 5.91 Å². The third-order valence-corrected chi connectivity index (χ3v) is 7.63. The molecule has 2 fully saturated rings. The summed E-state index contributed by atoms with van der Waals surface area (Å²) in [6, 6.07) is 16.3. The first-order valence-electron chi connectivity index (χ1n) is 10.9. The molecule has 3 nitrogen and oxygen atoms in total. The number of amides is 1. The van der Waals surface area contributed by atoms with Crippen LogP contribution in [-0.4, -0.2) is 29.5 Å². The number of benzene rings is 2. The minimum atomic E-state index is -0.366. The molecule has 1 saturated heterocycles. The Kier molecular flexibility index (Phi) is 4.82. The quantitative estimate of drug-likeness (QED) is 0.651. The number of carbonyl (C=O) groups is 1. The van der Waals surface area contributed by atoms with Gasteiger partial charge in [0.15, 0.2) is 0 Å². The van der Waals surface area contributed by atoms with Gasteiger partial charge in [0.1, 0.15) is 11.4 Å². The minimum absolute atomic E-state index is 0.103. The van der Waals surface area contributed by atoms with E-state index in [1.807, 2.05) is 18.2 Å². The first-order chi connectivity index (χ1) is 14.1. The summed E-state index contributed by atoms with van der Waals surface area (Å²) in [5.74, 6) is 1.34. The molecule has 5 rings (SSSR count). The number of aryl methyl sites for hydroxylation is 1. The van der Waals surface area contributed by atoms with Crippen LogP contribution >= 0.6 is 11.6 Å². The zero-order chi connectivity index (χ0) is 19.9. The van der Waals surface area contributed by atoms with Crippen molar-refractivity contribution in [2.75, 3.05) is 13.1 Å². The summed E-state index contributed by atoms with van der Waals surface area (Å²) in [6.45, 7) is 1.58. The maximum absolute atomic E-state index is 13.7. The lowest BCUT2D eigenvalue weighted by Gasteiger charge is -2.46. The number of hydrogen-bond donors (Lipinski definition) is 0. The maximum Gasteiger partial charge on any atom is 0.233 e. The molecule has 1 amide bonds. The Labute approximate surface area is 178 Å². The molecule has 0 unspecified atom stereocenters. The van der Waals surface area contributed by atoms with Crippen LogP contribution in [0.4, 0.5) is 0 Å². The number of fused-ring (bicyclic) bond motifs is 1. The molecule has 2 aliphatic heterocycles. The highest BCUT2D eigenvalue weighted by Crippen LogP contribution is 2.45. The van der Waals surface area contributed by atoms with Crippen molar-refractivity contribution < 1.29 is 9.53 Å². The van der Waals surface area contributed by atoms with Gasteiger partial charge in [-0.15, -0.1) is 0 Å². The molecule has 1 aliphatic carbocycles. The van der Waals surface area contributed by atoms with Crippen LogP contribution in [0.1, 0.15) is 56.1 Å².